The zero-order valence-corrected chi connectivity index (χ0v) is 23.5. The molecule has 3 atom stereocenters. The van der Waals surface area contributed by atoms with Crippen LogP contribution in [0.1, 0.15) is 45.1 Å². The van der Waals surface area contributed by atoms with E-state index in [-0.39, 0.29) is 40.7 Å². The molecule has 4 heterocycles. The molecule has 3 aromatic heterocycles. The second kappa shape index (κ2) is 10.9. The van der Waals surface area contributed by atoms with Crippen molar-refractivity contribution in [2.45, 2.75) is 57.2 Å². The molecule has 10 nitrogen and oxygen atoms in total. The molecule has 1 aliphatic carbocycles. The number of fused-ring (bicyclic) bond motifs is 1. The van der Waals surface area contributed by atoms with Crippen LogP contribution in [0.5, 0.6) is 0 Å². The summed E-state index contributed by atoms with van der Waals surface area (Å²) in [6.45, 7) is 4.71. The molecule has 0 bridgehead atoms. The quantitative estimate of drug-likeness (QED) is 0.272. The van der Waals surface area contributed by atoms with Crippen LogP contribution in [0.3, 0.4) is 0 Å². The van der Waals surface area contributed by atoms with Crippen molar-refractivity contribution in [2.24, 2.45) is 11.7 Å². The fraction of sp³-hybridized carbons (Fsp3) is 0.400. The zero-order valence-electron chi connectivity index (χ0n) is 23.5. The van der Waals surface area contributed by atoms with Crippen molar-refractivity contribution in [3.8, 4) is 11.3 Å². The topological polar surface area (TPSA) is 134 Å². The number of amides is 1. The molecule has 2 fully saturated rings. The molecule has 6 rings (SSSR count). The van der Waals surface area contributed by atoms with Crippen LogP contribution in [-0.4, -0.2) is 55.8 Å². The summed E-state index contributed by atoms with van der Waals surface area (Å²) in [6, 6.07) is 7.13. The molecule has 0 radical (unpaired) electrons. The highest BCUT2D eigenvalue weighted by Gasteiger charge is 2.35. The smallest absolute Gasteiger partial charge is 0.229 e. The summed E-state index contributed by atoms with van der Waals surface area (Å²) in [6.07, 6.45) is 7.56. The summed E-state index contributed by atoms with van der Waals surface area (Å²) in [5.74, 6) is -1.24. The first kappa shape index (κ1) is 28.0. The number of rotatable bonds is 6. The Morgan fingerprint density at radius 3 is 2.55 bits per heavy atom. The molecule has 1 saturated heterocycles. The van der Waals surface area contributed by atoms with Gasteiger partial charge in [0.25, 0.3) is 0 Å². The van der Waals surface area contributed by atoms with Gasteiger partial charge in [0.1, 0.15) is 11.6 Å². The summed E-state index contributed by atoms with van der Waals surface area (Å²) < 4.78 is 32.2. The third-order valence-electron chi connectivity index (χ3n) is 8.42. The number of aromatic nitrogens is 4. The number of nitrogens with two attached hydrogens (primary N) is 1. The standard InChI is InChI=1S/C30H34F2N8O2/c1-17-15-39(16-23(33)28(17)36-18(2)41)26-7-10-34-14-25(26)37-29-35-13-20-5-6-24(38-40(20)29)27-21(31)11-19(12-22(27)32)30(42)8-3-4-9-30/h5-7,10-14,17,23,28,42H,3-4,8-9,15-16,33H2,1-2H3,(H,35,37)(H,36,41)/t17-,23+,28-/m0/s1. The predicted molar refractivity (Wildman–Crippen MR) is 155 cm³/mol. The highest BCUT2D eigenvalue weighted by molar-refractivity contribution is 5.75. The Hall–Kier alpha value is -4.16. The van der Waals surface area contributed by atoms with Gasteiger partial charge in [-0.2, -0.15) is 9.61 Å². The van der Waals surface area contributed by atoms with Crippen molar-refractivity contribution in [1.82, 2.24) is 24.9 Å². The summed E-state index contributed by atoms with van der Waals surface area (Å²) in [5.41, 5.74) is 7.45. The maximum atomic E-state index is 15.3. The first-order valence-corrected chi connectivity index (χ1v) is 14.2. The lowest BCUT2D eigenvalue weighted by atomic mass is 9.89. The van der Waals surface area contributed by atoms with Crippen LogP contribution >= 0.6 is 0 Å². The SMILES string of the molecule is CC(=O)N[C@@H]1[C@H](N)CN(c2ccncc2Nc2ncc3ccc(-c4c(F)cc(C5(O)CCCC5)cc4F)nn23)C[C@@H]1C. The number of halogens is 2. The number of carbonyl (C=O) groups is 1. The second-order valence-corrected chi connectivity index (χ2v) is 11.5. The monoisotopic (exact) mass is 576 g/mol. The Balaban J connectivity index is 1.30. The maximum Gasteiger partial charge on any atom is 0.229 e. The number of nitrogens with one attached hydrogen (secondary N) is 2. The number of benzene rings is 1. The zero-order chi connectivity index (χ0) is 29.6. The minimum Gasteiger partial charge on any atom is -0.385 e. The van der Waals surface area contributed by atoms with Gasteiger partial charge < -0.3 is 26.4 Å². The van der Waals surface area contributed by atoms with Crippen molar-refractivity contribution >= 4 is 28.7 Å². The lowest BCUT2D eigenvalue weighted by Gasteiger charge is -2.42. The molecule has 5 N–H and O–H groups in total. The molecule has 42 heavy (non-hydrogen) atoms. The van der Waals surface area contributed by atoms with Crippen LogP contribution in [-0.2, 0) is 10.4 Å². The van der Waals surface area contributed by atoms with Gasteiger partial charge in [-0.05, 0) is 54.7 Å². The molecule has 12 heteroatoms. The van der Waals surface area contributed by atoms with E-state index in [1.165, 1.54) is 23.6 Å². The van der Waals surface area contributed by atoms with Gasteiger partial charge in [0, 0.05) is 38.3 Å². The van der Waals surface area contributed by atoms with Gasteiger partial charge in [-0.25, -0.2) is 13.8 Å². The van der Waals surface area contributed by atoms with Crippen LogP contribution < -0.4 is 21.3 Å². The summed E-state index contributed by atoms with van der Waals surface area (Å²) >= 11 is 0. The molecular formula is C30H34F2N8O2. The Morgan fingerprint density at radius 2 is 1.86 bits per heavy atom. The van der Waals surface area contributed by atoms with Gasteiger partial charge in [-0.3, -0.25) is 9.78 Å². The lowest BCUT2D eigenvalue weighted by Crippen LogP contribution is -2.61. The third kappa shape index (κ3) is 5.16. The minimum absolute atomic E-state index is 0.0924. The van der Waals surface area contributed by atoms with Crippen LogP contribution in [0, 0.1) is 17.6 Å². The molecule has 220 valence electrons. The van der Waals surface area contributed by atoms with Crippen molar-refractivity contribution in [2.75, 3.05) is 23.3 Å². The van der Waals surface area contributed by atoms with Crippen LogP contribution in [0.4, 0.5) is 26.1 Å². The number of hydrogen-bond donors (Lipinski definition) is 4. The van der Waals surface area contributed by atoms with Crippen LogP contribution in [0.25, 0.3) is 16.8 Å². The number of piperidine rings is 1. The minimum atomic E-state index is -1.21. The number of aliphatic hydroxyl groups is 1. The predicted octanol–water partition coefficient (Wildman–Crippen LogP) is 3.86. The van der Waals surface area contributed by atoms with E-state index in [0.29, 0.717) is 43.1 Å². The average molecular weight is 577 g/mol. The van der Waals surface area contributed by atoms with Gasteiger partial charge in [-0.1, -0.05) is 19.8 Å². The van der Waals surface area contributed by atoms with Gasteiger partial charge in [-0.15, -0.1) is 0 Å². The molecule has 1 aromatic carbocycles. The van der Waals surface area contributed by atoms with E-state index in [2.05, 4.69) is 30.6 Å². The molecule has 1 amide bonds. The summed E-state index contributed by atoms with van der Waals surface area (Å²) in [5, 5.41) is 21.6. The number of nitrogens with zero attached hydrogens (tertiary/aromatic N) is 5. The Morgan fingerprint density at radius 1 is 1.12 bits per heavy atom. The van der Waals surface area contributed by atoms with Gasteiger partial charge in [0.05, 0.1) is 46.1 Å². The maximum absolute atomic E-state index is 15.3. The number of carbonyl (C=O) groups excluding carboxylic acids is 1. The molecule has 1 aliphatic heterocycles. The Labute approximate surface area is 242 Å². The van der Waals surface area contributed by atoms with Crippen LogP contribution in [0.15, 0.2) is 48.9 Å². The second-order valence-electron chi connectivity index (χ2n) is 11.5. The van der Waals surface area contributed by atoms with E-state index in [1.54, 1.807) is 30.7 Å². The number of anilines is 3. The Kier molecular flexibility index (Phi) is 7.27. The van der Waals surface area contributed by atoms with Gasteiger partial charge in [0.2, 0.25) is 11.9 Å². The fourth-order valence-corrected chi connectivity index (χ4v) is 6.32. The average Bonchev–Trinajstić information content (AvgIpc) is 3.57. The summed E-state index contributed by atoms with van der Waals surface area (Å²) in [7, 11) is 0. The van der Waals surface area contributed by atoms with Gasteiger partial charge >= 0.3 is 0 Å². The highest BCUT2D eigenvalue weighted by atomic mass is 19.1. The molecule has 2 aliphatic rings. The van der Waals surface area contributed by atoms with Gasteiger partial charge in [0.15, 0.2) is 0 Å². The summed E-state index contributed by atoms with van der Waals surface area (Å²) in [4.78, 5) is 22.5. The van der Waals surface area contributed by atoms with E-state index in [4.69, 9.17) is 5.73 Å². The number of imidazole rings is 1. The first-order chi connectivity index (χ1) is 20.1. The lowest BCUT2D eigenvalue weighted by molar-refractivity contribution is -0.120. The third-order valence-corrected chi connectivity index (χ3v) is 8.42. The van der Waals surface area contributed by atoms with E-state index >= 15 is 8.78 Å². The van der Waals surface area contributed by atoms with E-state index in [1.807, 2.05) is 13.0 Å². The molecule has 0 unspecified atom stereocenters. The molecular weight excluding hydrogens is 542 g/mol. The van der Waals surface area contributed by atoms with Crippen molar-refractivity contribution in [1.29, 1.82) is 0 Å². The Bertz CT molecular complexity index is 1600. The number of pyridine rings is 1. The molecule has 0 spiro atoms. The van der Waals surface area contributed by atoms with Crippen LogP contribution in [0.2, 0.25) is 0 Å². The van der Waals surface area contributed by atoms with Crippen molar-refractivity contribution in [3.05, 3.63) is 66.1 Å². The largest absolute Gasteiger partial charge is 0.385 e. The van der Waals surface area contributed by atoms with Crippen molar-refractivity contribution < 1.29 is 18.7 Å². The van der Waals surface area contributed by atoms with Crippen molar-refractivity contribution in [3.63, 3.8) is 0 Å². The first-order valence-electron chi connectivity index (χ1n) is 14.2. The fourth-order valence-electron chi connectivity index (χ4n) is 6.32. The molecule has 4 aromatic rings. The highest BCUT2D eigenvalue weighted by Crippen LogP contribution is 2.40. The van der Waals surface area contributed by atoms with E-state index in [0.717, 1.165) is 18.5 Å². The molecule has 1 saturated carbocycles. The van der Waals surface area contributed by atoms with E-state index in [9.17, 15) is 9.90 Å². The number of hydrogen-bond acceptors (Lipinski definition) is 8. The normalized spacial score (nSPS) is 22.0. The van der Waals surface area contributed by atoms with E-state index < -0.39 is 17.2 Å².